The van der Waals surface area contributed by atoms with Crippen LogP contribution in [0.5, 0.6) is 0 Å². The van der Waals surface area contributed by atoms with E-state index in [0.717, 1.165) is 11.1 Å². The van der Waals surface area contributed by atoms with E-state index >= 15 is 0 Å². The molecule has 29 nitrogen and oxygen atoms in total. The van der Waals surface area contributed by atoms with Gasteiger partial charge < -0.3 is 130 Å². The molecule has 37 atom stereocenters. The van der Waals surface area contributed by atoms with Gasteiger partial charge in [-0.3, -0.25) is 4.79 Å². The molecule has 4 aliphatic carbocycles. The lowest BCUT2D eigenvalue weighted by Gasteiger charge is -2.66. The number of hydrogen-bond donors (Lipinski definition) is 6. The number of aliphatic hydroxyl groups is 6. The first-order valence-corrected chi connectivity index (χ1v) is 38.3. The Morgan fingerprint density at radius 3 is 1.27 bits per heavy atom. The van der Waals surface area contributed by atoms with Crippen LogP contribution in [-0.4, -0.2) is 293 Å². The topological polar surface area (TPSA) is 349 Å². The van der Waals surface area contributed by atoms with Gasteiger partial charge in [-0.25, -0.2) is 4.79 Å². The maximum atomic E-state index is 13.6. The van der Waals surface area contributed by atoms with Crippen molar-refractivity contribution in [1.82, 2.24) is 0 Å². The summed E-state index contributed by atoms with van der Waals surface area (Å²) in [6.45, 7) is 22.2. The molecule has 29 heteroatoms. The summed E-state index contributed by atoms with van der Waals surface area (Å²) in [5.74, 6) is -1.51. The second-order valence-corrected chi connectivity index (χ2v) is 32.4. The molecule has 7 saturated heterocycles. The largest absolute Gasteiger partial charge is 0.458 e. The molecule has 11 aliphatic rings. The Bertz CT molecular complexity index is 2920. The molecule has 0 aromatic carbocycles. The van der Waals surface area contributed by atoms with Crippen LogP contribution >= 0.6 is 0 Å². The molecule has 0 spiro atoms. The number of allylic oxidation sites excluding steroid dienone is 1. The minimum Gasteiger partial charge on any atom is -0.458 e. The van der Waals surface area contributed by atoms with Crippen LogP contribution in [0.25, 0.3) is 0 Å². The van der Waals surface area contributed by atoms with E-state index < -0.39 is 231 Å². The van der Waals surface area contributed by atoms with Crippen LogP contribution in [0.4, 0.5) is 0 Å². The molecule has 0 radical (unpaired) electrons. The van der Waals surface area contributed by atoms with Gasteiger partial charge in [-0.1, -0.05) is 44.9 Å². The smallest absolute Gasteiger partial charge is 0.330 e. The molecule has 105 heavy (non-hydrogen) atoms. The molecule has 0 amide bonds. The van der Waals surface area contributed by atoms with Crippen molar-refractivity contribution in [3.63, 3.8) is 0 Å². The SMILES string of the molecule is CO[C@H]1C[C@H](O[C@H]2CC[C@@]3(C)C(=CC[C@]4(O)[C@@H]3C[C@@H](OC(=O)/C=C(\C)C(C)C)[C@]3(C)[C@H](C(C)=O)CC[C@@]34O)C2)O[C@H](C)[C@H]1O[C@H]1C[C@H](OC)[C@H](O[C@H]2C[C@@H](OC)[C@H](O[C@H]3C[C@@H](OC)[C@H](O[C@H]4C[C@H](OC)[C@H](O[C@H]5C[C@H](OC)[C@H](O[C@@H]6O[C@H](CO)[C@@H](O)[C@H](O)[C@H]6O)[C@@H](C)O5)[C@@H](C)O4)[C@@H](C)O3)[C@@H](C)O2)[C@@H](C)O1. The third kappa shape index (κ3) is 16.7. The van der Waals surface area contributed by atoms with E-state index in [2.05, 4.69) is 13.0 Å². The van der Waals surface area contributed by atoms with Crippen molar-refractivity contribution in [3.05, 3.63) is 23.3 Å². The standard InChI is InChI=1S/C76H124O29/c1-35(2)36(3)25-56(79)99-55-33-54-73(11)22-20-45(26-44(73)19-23-75(54,83)76(84)24-21-46(37(4)78)74(55,76)12)97-57-27-47(85-13)66(38(5)91-57)100-58-28-48(86-14)67(39(6)92-58)101-59-29-49(87-15)68(40(7)93-59)102-60-30-50(88-16)69(41(8)94-60)103-61-31-51(89-17)70(42(9)95-61)104-62-32-52(90-18)71(43(10)96-62)105-72-65(82)64(81)63(80)53(34-77)98-72/h19,25,35,38-43,45-55,57-72,77,80-84H,20-24,26-34H2,1-18H3/b36-25+/t38-,39-,40-,41-,42-,43-,45+,46+,47+,48+,49-,50-,51+,52+,53-,54-,55-,57+,58+,59+,60+,61+,62+,63-,64+,65-,66-,67-,68-,69-,70-,71-,72+,73+,74+,75+,76-/m1/s1. The van der Waals surface area contributed by atoms with Crippen molar-refractivity contribution in [2.75, 3.05) is 49.3 Å². The zero-order valence-corrected chi connectivity index (χ0v) is 64.8. The first-order chi connectivity index (χ1) is 49.8. The zero-order chi connectivity index (χ0) is 76.1. The molecule has 11 rings (SSSR count). The van der Waals surface area contributed by atoms with Crippen LogP contribution in [0.15, 0.2) is 23.3 Å². The van der Waals surface area contributed by atoms with Crippen LogP contribution in [-0.2, 0) is 109 Å². The van der Waals surface area contributed by atoms with Gasteiger partial charge in [0, 0.05) is 105 Å². The van der Waals surface area contributed by atoms with E-state index in [1.54, 1.807) is 42.5 Å². The molecule has 0 unspecified atom stereocenters. The molecule has 602 valence electrons. The zero-order valence-electron chi connectivity index (χ0n) is 64.8. The van der Waals surface area contributed by atoms with Gasteiger partial charge in [0.25, 0.3) is 0 Å². The maximum absolute atomic E-state index is 13.6. The first-order valence-electron chi connectivity index (χ1n) is 38.3. The van der Waals surface area contributed by atoms with E-state index in [-0.39, 0.29) is 37.1 Å². The molecule has 7 heterocycles. The van der Waals surface area contributed by atoms with Crippen LogP contribution in [0.1, 0.15) is 167 Å². The average molecular weight is 1500 g/mol. The highest BCUT2D eigenvalue weighted by Gasteiger charge is 2.77. The Hall–Kier alpha value is -2.42. The average Bonchev–Trinajstić information content (AvgIpc) is 1.63. The molecule has 7 aliphatic heterocycles. The summed E-state index contributed by atoms with van der Waals surface area (Å²) in [5.41, 5.74) is -3.00. The highest BCUT2D eigenvalue weighted by molar-refractivity contribution is 5.83. The Morgan fingerprint density at radius 1 is 0.524 bits per heavy atom. The monoisotopic (exact) mass is 1500 g/mol. The van der Waals surface area contributed by atoms with Gasteiger partial charge in [-0.05, 0) is 112 Å². The highest BCUT2D eigenvalue weighted by Crippen LogP contribution is 2.70. The van der Waals surface area contributed by atoms with Crippen LogP contribution in [0.2, 0.25) is 0 Å². The number of Topliss-reactive ketones (excluding diaryl/α,β-unsaturated/α-hetero) is 1. The molecule has 10 fully saturated rings. The number of ether oxygens (including phenoxy) is 21. The van der Waals surface area contributed by atoms with Crippen LogP contribution in [0.3, 0.4) is 0 Å². The van der Waals surface area contributed by atoms with Crippen LogP contribution < -0.4 is 0 Å². The predicted molar refractivity (Wildman–Crippen MR) is 369 cm³/mol. The summed E-state index contributed by atoms with van der Waals surface area (Å²) in [5, 5.41) is 67.1. The summed E-state index contributed by atoms with van der Waals surface area (Å²) in [7, 11) is 9.66. The van der Waals surface area contributed by atoms with Crippen molar-refractivity contribution < 1.29 is 140 Å². The molecular formula is C76H124O29. The van der Waals surface area contributed by atoms with Gasteiger partial charge in [-0.2, -0.15) is 0 Å². The molecule has 0 aromatic heterocycles. The number of hydrogen-bond acceptors (Lipinski definition) is 29. The Balaban J connectivity index is 0.635. The lowest BCUT2D eigenvalue weighted by Crippen LogP contribution is -2.75. The summed E-state index contributed by atoms with van der Waals surface area (Å²) in [4.78, 5) is 27.0. The fraction of sp³-hybridized carbons (Fsp3) is 0.921. The van der Waals surface area contributed by atoms with Crippen molar-refractivity contribution in [1.29, 1.82) is 0 Å². The van der Waals surface area contributed by atoms with E-state index in [4.69, 9.17) is 99.5 Å². The maximum Gasteiger partial charge on any atom is 0.330 e. The number of ketones is 1. The second-order valence-electron chi connectivity index (χ2n) is 32.4. The third-order valence-corrected chi connectivity index (χ3v) is 26.0. The molecule has 0 aromatic rings. The number of fused-ring (bicyclic) bond motifs is 5. The van der Waals surface area contributed by atoms with Gasteiger partial charge in [0.15, 0.2) is 44.0 Å². The first kappa shape index (κ1) is 83.5. The number of aliphatic hydroxyl groups excluding tert-OH is 4. The summed E-state index contributed by atoms with van der Waals surface area (Å²) >= 11 is 0. The lowest BCUT2D eigenvalue weighted by molar-refractivity contribution is -0.360. The second kappa shape index (κ2) is 34.5. The van der Waals surface area contributed by atoms with Crippen LogP contribution in [0, 0.1) is 28.6 Å². The van der Waals surface area contributed by atoms with E-state index in [1.807, 2.05) is 62.3 Å². The highest BCUT2D eigenvalue weighted by atomic mass is 16.8. The quantitative estimate of drug-likeness (QED) is 0.0402. The molecule has 6 N–H and O–H groups in total. The Labute approximate surface area is 618 Å². The lowest BCUT2D eigenvalue weighted by atomic mass is 9.43. The van der Waals surface area contributed by atoms with Crippen molar-refractivity contribution in [2.45, 2.75) is 368 Å². The van der Waals surface area contributed by atoms with Gasteiger partial charge in [-0.15, -0.1) is 0 Å². The minimum atomic E-state index is -1.69. The minimum absolute atomic E-state index is 0.0863. The number of rotatable bonds is 25. The molecule has 0 bridgehead atoms. The molecule has 3 saturated carbocycles. The van der Waals surface area contributed by atoms with E-state index in [1.165, 1.54) is 20.1 Å². The third-order valence-electron chi connectivity index (χ3n) is 26.0. The fourth-order valence-corrected chi connectivity index (χ4v) is 19.6. The van der Waals surface area contributed by atoms with Crippen molar-refractivity contribution in [3.8, 4) is 0 Å². The number of esters is 1. The Morgan fingerprint density at radius 2 is 0.905 bits per heavy atom. The van der Waals surface area contributed by atoms with Gasteiger partial charge in [0.05, 0.1) is 86.0 Å². The van der Waals surface area contributed by atoms with Gasteiger partial charge >= 0.3 is 5.97 Å². The molecular weight excluding hydrogens is 1380 g/mol. The number of carbonyl (C=O) groups is 2. The summed E-state index contributed by atoms with van der Waals surface area (Å²) in [6.07, 6.45) is -13.6. The summed E-state index contributed by atoms with van der Waals surface area (Å²) in [6, 6.07) is 0. The predicted octanol–water partition coefficient (Wildman–Crippen LogP) is 4.90. The summed E-state index contributed by atoms with van der Waals surface area (Å²) < 4.78 is 134. The Kier molecular flexibility index (Phi) is 27.4. The van der Waals surface area contributed by atoms with Crippen molar-refractivity contribution >= 4 is 11.8 Å². The van der Waals surface area contributed by atoms with E-state index in [9.17, 15) is 40.2 Å². The normalized spacial score (nSPS) is 49.8. The van der Waals surface area contributed by atoms with Crippen molar-refractivity contribution in [2.24, 2.45) is 28.6 Å². The van der Waals surface area contributed by atoms with E-state index in [0.29, 0.717) is 64.2 Å². The van der Waals surface area contributed by atoms with Gasteiger partial charge in [0.1, 0.15) is 84.1 Å². The number of carbonyl (C=O) groups excluding carboxylic acids is 2. The number of methoxy groups -OCH3 is 6. The fourth-order valence-electron chi connectivity index (χ4n) is 19.6. The van der Waals surface area contributed by atoms with Gasteiger partial charge in [0.2, 0.25) is 0 Å².